The lowest BCUT2D eigenvalue weighted by atomic mass is 9.86. The number of hydrogen-bond acceptors (Lipinski definition) is 6. The Morgan fingerprint density at radius 1 is 0.938 bits per heavy atom. The van der Waals surface area contributed by atoms with Crippen LogP contribution in [0.3, 0.4) is 0 Å². The number of benzene rings is 1. The zero-order chi connectivity index (χ0) is 23.6. The van der Waals surface area contributed by atoms with Crippen molar-refractivity contribution in [2.75, 3.05) is 12.5 Å². The predicted octanol–water partition coefficient (Wildman–Crippen LogP) is 3.69. The molecule has 1 unspecified atom stereocenters. The standard InChI is InChI=1S/C22H32ClN3O6/c1-22(2,3)32-21(29)26-18-13-16(24-19(27)30-12-11-23)9-10-17(18)25-20(28)31-14-15-7-5-4-6-8-15/h4-8,16-18H,9-14H2,1-3H3,(H,24,27)(H,25,28)(H,26,29)/t16?,17-,18+/m0/s1. The van der Waals surface area contributed by atoms with Crippen LogP contribution < -0.4 is 16.0 Å². The second-order valence-corrected chi connectivity index (χ2v) is 8.92. The predicted molar refractivity (Wildman–Crippen MR) is 120 cm³/mol. The highest BCUT2D eigenvalue weighted by atomic mass is 35.5. The van der Waals surface area contributed by atoms with Gasteiger partial charge in [0.05, 0.1) is 18.0 Å². The van der Waals surface area contributed by atoms with E-state index in [1.54, 1.807) is 20.8 Å². The van der Waals surface area contributed by atoms with Gasteiger partial charge in [-0.25, -0.2) is 14.4 Å². The van der Waals surface area contributed by atoms with Gasteiger partial charge in [0.25, 0.3) is 0 Å². The molecule has 3 atom stereocenters. The Labute approximate surface area is 193 Å². The number of carbonyl (C=O) groups excluding carboxylic acids is 3. The van der Waals surface area contributed by atoms with Gasteiger partial charge < -0.3 is 30.2 Å². The smallest absolute Gasteiger partial charge is 0.407 e. The normalized spacial score (nSPS) is 20.6. The van der Waals surface area contributed by atoms with Crippen LogP contribution in [0, 0.1) is 0 Å². The van der Waals surface area contributed by atoms with E-state index in [2.05, 4.69) is 16.0 Å². The Kier molecular flexibility index (Phi) is 9.90. The molecule has 3 N–H and O–H groups in total. The highest BCUT2D eigenvalue weighted by molar-refractivity contribution is 6.18. The van der Waals surface area contributed by atoms with E-state index in [9.17, 15) is 14.4 Å². The third kappa shape index (κ3) is 9.64. The van der Waals surface area contributed by atoms with Crippen molar-refractivity contribution in [2.45, 2.75) is 70.4 Å². The minimum Gasteiger partial charge on any atom is -0.448 e. The lowest BCUT2D eigenvalue weighted by Gasteiger charge is -2.37. The first-order valence-corrected chi connectivity index (χ1v) is 11.2. The van der Waals surface area contributed by atoms with Crippen molar-refractivity contribution in [3.63, 3.8) is 0 Å². The molecule has 1 aliphatic carbocycles. The SMILES string of the molecule is CC(C)(C)OC(=O)N[C@@H]1CC(NC(=O)OCCCl)CC[C@@H]1NC(=O)OCc1ccccc1. The summed E-state index contributed by atoms with van der Waals surface area (Å²) in [6.07, 6.45) is -0.257. The van der Waals surface area contributed by atoms with Gasteiger partial charge in [-0.1, -0.05) is 30.3 Å². The molecule has 0 aliphatic heterocycles. The first-order chi connectivity index (χ1) is 15.2. The zero-order valence-corrected chi connectivity index (χ0v) is 19.4. The fourth-order valence-corrected chi connectivity index (χ4v) is 3.43. The summed E-state index contributed by atoms with van der Waals surface area (Å²) in [6.45, 7) is 5.54. The molecule has 0 bridgehead atoms. The van der Waals surface area contributed by atoms with Crippen LogP contribution in [0.25, 0.3) is 0 Å². The average molecular weight is 470 g/mol. The molecule has 1 aromatic carbocycles. The van der Waals surface area contributed by atoms with Crippen molar-refractivity contribution < 1.29 is 28.6 Å². The molecule has 0 radical (unpaired) electrons. The quantitative estimate of drug-likeness (QED) is 0.414. The average Bonchev–Trinajstić information content (AvgIpc) is 2.72. The fourth-order valence-electron chi connectivity index (χ4n) is 3.35. The second kappa shape index (κ2) is 12.4. The molecule has 0 aromatic heterocycles. The van der Waals surface area contributed by atoms with Crippen LogP contribution in [0.2, 0.25) is 0 Å². The van der Waals surface area contributed by atoms with Gasteiger partial charge in [0.2, 0.25) is 0 Å². The third-order valence-electron chi connectivity index (χ3n) is 4.70. The minimum absolute atomic E-state index is 0.108. The molecule has 178 valence electrons. The molecule has 2 rings (SSSR count). The van der Waals surface area contributed by atoms with Gasteiger partial charge in [-0.05, 0) is 45.6 Å². The summed E-state index contributed by atoms with van der Waals surface area (Å²) in [5, 5.41) is 8.40. The van der Waals surface area contributed by atoms with Crippen molar-refractivity contribution in [1.82, 2.24) is 16.0 Å². The molecule has 32 heavy (non-hydrogen) atoms. The number of amides is 3. The largest absolute Gasteiger partial charge is 0.448 e. The van der Waals surface area contributed by atoms with Crippen LogP contribution in [0.5, 0.6) is 0 Å². The Hall–Kier alpha value is -2.68. The number of ether oxygens (including phenoxy) is 3. The van der Waals surface area contributed by atoms with Gasteiger partial charge in [0, 0.05) is 6.04 Å². The van der Waals surface area contributed by atoms with E-state index >= 15 is 0 Å². The van der Waals surface area contributed by atoms with E-state index in [4.69, 9.17) is 25.8 Å². The monoisotopic (exact) mass is 469 g/mol. The van der Waals surface area contributed by atoms with Crippen molar-refractivity contribution in [3.05, 3.63) is 35.9 Å². The molecular weight excluding hydrogens is 438 g/mol. The van der Waals surface area contributed by atoms with E-state index in [0.29, 0.717) is 19.3 Å². The van der Waals surface area contributed by atoms with Crippen molar-refractivity contribution in [1.29, 1.82) is 0 Å². The van der Waals surface area contributed by atoms with Crippen LogP contribution in [0.15, 0.2) is 30.3 Å². The Morgan fingerprint density at radius 3 is 2.25 bits per heavy atom. The summed E-state index contributed by atoms with van der Waals surface area (Å²) in [5.41, 5.74) is 0.203. The maximum atomic E-state index is 12.3. The number of alkyl carbamates (subject to hydrolysis) is 3. The molecule has 1 aromatic rings. The van der Waals surface area contributed by atoms with E-state index in [1.807, 2.05) is 30.3 Å². The molecule has 1 saturated carbocycles. The van der Waals surface area contributed by atoms with Gasteiger partial charge in [-0.3, -0.25) is 0 Å². The summed E-state index contributed by atoms with van der Waals surface area (Å²) in [6, 6.07) is 8.24. The van der Waals surface area contributed by atoms with Crippen molar-refractivity contribution in [2.24, 2.45) is 0 Å². The number of hydrogen-bond donors (Lipinski definition) is 3. The number of carbonyl (C=O) groups is 3. The van der Waals surface area contributed by atoms with E-state index in [1.165, 1.54) is 0 Å². The van der Waals surface area contributed by atoms with Gasteiger partial charge >= 0.3 is 18.3 Å². The maximum absolute atomic E-state index is 12.3. The second-order valence-electron chi connectivity index (χ2n) is 8.54. The Balaban J connectivity index is 1.95. The number of alkyl halides is 1. The van der Waals surface area contributed by atoms with Gasteiger partial charge in [0.15, 0.2) is 0 Å². The topological polar surface area (TPSA) is 115 Å². The summed E-state index contributed by atoms with van der Waals surface area (Å²) in [7, 11) is 0. The van der Waals surface area contributed by atoms with Gasteiger partial charge in [-0.15, -0.1) is 11.6 Å². The molecular formula is C22H32ClN3O6. The summed E-state index contributed by atoms with van der Waals surface area (Å²) in [5.74, 6) is 0.206. The molecule has 9 nitrogen and oxygen atoms in total. The molecule has 3 amide bonds. The lowest BCUT2D eigenvalue weighted by Crippen LogP contribution is -2.58. The van der Waals surface area contributed by atoms with Gasteiger partial charge in [0.1, 0.15) is 18.8 Å². The first kappa shape index (κ1) is 25.6. The number of nitrogens with one attached hydrogen (secondary N) is 3. The summed E-state index contributed by atoms with van der Waals surface area (Å²) in [4.78, 5) is 36.6. The van der Waals surface area contributed by atoms with E-state index in [0.717, 1.165) is 5.56 Å². The van der Waals surface area contributed by atoms with Gasteiger partial charge in [-0.2, -0.15) is 0 Å². The van der Waals surface area contributed by atoms with Crippen molar-refractivity contribution in [3.8, 4) is 0 Å². The molecule has 10 heteroatoms. The Bertz CT molecular complexity index is 756. The van der Waals surface area contributed by atoms with Crippen LogP contribution in [0.1, 0.15) is 45.6 Å². The maximum Gasteiger partial charge on any atom is 0.407 e. The van der Waals surface area contributed by atoms with Crippen LogP contribution >= 0.6 is 11.6 Å². The number of rotatable bonds is 7. The Morgan fingerprint density at radius 2 is 1.59 bits per heavy atom. The molecule has 0 heterocycles. The van der Waals surface area contributed by atoms with Crippen LogP contribution in [0.4, 0.5) is 14.4 Å². The molecule has 1 aliphatic rings. The molecule has 0 saturated heterocycles. The molecule has 1 fully saturated rings. The van der Waals surface area contributed by atoms with E-state index in [-0.39, 0.29) is 31.2 Å². The molecule has 0 spiro atoms. The highest BCUT2D eigenvalue weighted by Crippen LogP contribution is 2.21. The van der Waals surface area contributed by atoms with Crippen LogP contribution in [-0.2, 0) is 20.8 Å². The third-order valence-corrected chi connectivity index (χ3v) is 4.86. The highest BCUT2D eigenvalue weighted by Gasteiger charge is 2.35. The van der Waals surface area contributed by atoms with Crippen LogP contribution in [-0.4, -0.2) is 54.5 Å². The fraction of sp³-hybridized carbons (Fsp3) is 0.591. The lowest BCUT2D eigenvalue weighted by molar-refractivity contribution is 0.0468. The minimum atomic E-state index is -0.667. The zero-order valence-electron chi connectivity index (χ0n) is 18.7. The first-order valence-electron chi connectivity index (χ1n) is 10.6. The van der Waals surface area contributed by atoms with E-state index < -0.39 is 29.9 Å². The summed E-state index contributed by atoms with van der Waals surface area (Å²) < 4.78 is 15.6. The summed E-state index contributed by atoms with van der Waals surface area (Å²) >= 11 is 5.54. The van der Waals surface area contributed by atoms with Crippen molar-refractivity contribution >= 4 is 29.9 Å². The number of halogens is 1.